The van der Waals surface area contributed by atoms with Gasteiger partial charge in [0.2, 0.25) is 5.91 Å². The number of nitrogens with one attached hydrogen (secondary N) is 1. The van der Waals surface area contributed by atoms with Gasteiger partial charge in [0.1, 0.15) is 12.4 Å². The van der Waals surface area contributed by atoms with E-state index >= 15 is 0 Å². The van der Waals surface area contributed by atoms with Gasteiger partial charge < -0.3 is 19.9 Å². The molecule has 27 heavy (non-hydrogen) atoms. The van der Waals surface area contributed by atoms with Crippen molar-refractivity contribution in [2.45, 2.75) is 6.92 Å². The monoisotopic (exact) mass is 368 g/mol. The van der Waals surface area contributed by atoms with E-state index in [2.05, 4.69) is 15.2 Å². The summed E-state index contributed by atoms with van der Waals surface area (Å²) < 4.78 is 4.90. The predicted molar refractivity (Wildman–Crippen MR) is 104 cm³/mol. The van der Waals surface area contributed by atoms with Crippen LogP contribution in [0, 0.1) is 6.92 Å². The van der Waals surface area contributed by atoms with Crippen LogP contribution in [-0.4, -0.2) is 61.6 Å². The highest BCUT2D eigenvalue weighted by Crippen LogP contribution is 2.17. The van der Waals surface area contributed by atoms with Gasteiger partial charge in [-0.25, -0.2) is 4.98 Å². The lowest BCUT2D eigenvalue weighted by molar-refractivity contribution is -0.135. The lowest BCUT2D eigenvalue weighted by atomic mass is 10.1. The number of pyridine rings is 1. The van der Waals surface area contributed by atoms with Crippen LogP contribution in [0.15, 0.2) is 42.6 Å². The van der Waals surface area contributed by atoms with Crippen LogP contribution in [-0.2, 0) is 9.53 Å². The van der Waals surface area contributed by atoms with Crippen molar-refractivity contribution in [3.05, 3.63) is 53.7 Å². The number of carbonyl (C=O) groups excluding carboxylic acids is 2. The van der Waals surface area contributed by atoms with Crippen molar-refractivity contribution < 1.29 is 14.3 Å². The van der Waals surface area contributed by atoms with Crippen molar-refractivity contribution in [3.63, 3.8) is 0 Å². The normalized spacial score (nSPS) is 14.1. The number of ether oxygens (including phenoxy) is 1. The number of anilines is 2. The van der Waals surface area contributed by atoms with Gasteiger partial charge in [-0.1, -0.05) is 17.7 Å². The summed E-state index contributed by atoms with van der Waals surface area (Å²) in [6.07, 6.45) is 1.66. The molecule has 142 valence electrons. The fourth-order valence-electron chi connectivity index (χ4n) is 2.95. The van der Waals surface area contributed by atoms with Gasteiger partial charge in [0.15, 0.2) is 0 Å². The summed E-state index contributed by atoms with van der Waals surface area (Å²) in [6.45, 7) is 4.84. The number of rotatable bonds is 5. The summed E-state index contributed by atoms with van der Waals surface area (Å²) in [5.41, 5.74) is 2.38. The van der Waals surface area contributed by atoms with Crippen LogP contribution in [0.3, 0.4) is 0 Å². The Morgan fingerprint density at radius 3 is 2.37 bits per heavy atom. The number of piperazine rings is 1. The van der Waals surface area contributed by atoms with Gasteiger partial charge in [-0.3, -0.25) is 9.59 Å². The lowest BCUT2D eigenvalue weighted by Gasteiger charge is -2.35. The number of hydrogen-bond acceptors (Lipinski definition) is 5. The first kappa shape index (κ1) is 18.8. The number of benzene rings is 1. The van der Waals surface area contributed by atoms with E-state index in [0.29, 0.717) is 24.3 Å². The number of methoxy groups -OCH3 is 1. The molecule has 2 aromatic rings. The SMILES string of the molecule is COCC(=O)N1CCN(c2ccc(NC(=O)c3ccc(C)cc3)cn2)CC1. The van der Waals surface area contributed by atoms with Crippen LogP contribution >= 0.6 is 0 Å². The first-order chi connectivity index (χ1) is 13.1. The van der Waals surface area contributed by atoms with Gasteiger partial charge in [-0.2, -0.15) is 0 Å². The standard InChI is InChI=1S/C20H24N4O3/c1-15-3-5-16(6-4-15)20(26)22-17-7-8-18(21-13-17)23-9-11-24(12-10-23)19(25)14-27-2/h3-8,13H,9-12,14H2,1-2H3,(H,22,26). The fourth-order valence-corrected chi connectivity index (χ4v) is 2.95. The van der Waals surface area contributed by atoms with Crippen LogP contribution in [0.2, 0.25) is 0 Å². The topological polar surface area (TPSA) is 74.8 Å². The molecule has 2 amide bonds. The lowest BCUT2D eigenvalue weighted by Crippen LogP contribution is -2.49. The first-order valence-electron chi connectivity index (χ1n) is 8.92. The third-order valence-electron chi connectivity index (χ3n) is 4.54. The first-order valence-corrected chi connectivity index (χ1v) is 8.92. The van der Waals surface area contributed by atoms with Gasteiger partial charge in [-0.15, -0.1) is 0 Å². The molecule has 3 rings (SSSR count). The molecule has 1 aliphatic heterocycles. The van der Waals surface area contributed by atoms with Gasteiger partial charge in [0.25, 0.3) is 5.91 Å². The summed E-state index contributed by atoms with van der Waals surface area (Å²) in [7, 11) is 1.53. The van der Waals surface area contributed by atoms with E-state index < -0.39 is 0 Å². The highest BCUT2D eigenvalue weighted by molar-refractivity contribution is 6.04. The summed E-state index contributed by atoms with van der Waals surface area (Å²) in [5, 5.41) is 2.86. The summed E-state index contributed by atoms with van der Waals surface area (Å²) in [4.78, 5) is 32.5. The fraction of sp³-hybridized carbons (Fsp3) is 0.350. The average molecular weight is 368 g/mol. The molecular formula is C20H24N4O3. The van der Waals surface area contributed by atoms with E-state index in [1.54, 1.807) is 23.2 Å². The van der Waals surface area contributed by atoms with E-state index in [9.17, 15) is 9.59 Å². The Morgan fingerprint density at radius 1 is 1.07 bits per heavy atom. The van der Waals surface area contributed by atoms with E-state index in [1.165, 1.54) is 7.11 Å². The largest absolute Gasteiger partial charge is 0.375 e. The number of aromatic nitrogens is 1. The molecule has 0 radical (unpaired) electrons. The average Bonchev–Trinajstić information content (AvgIpc) is 2.69. The molecular weight excluding hydrogens is 344 g/mol. The van der Waals surface area contributed by atoms with Crippen molar-refractivity contribution in [1.82, 2.24) is 9.88 Å². The van der Waals surface area contributed by atoms with E-state index in [4.69, 9.17) is 4.74 Å². The molecule has 0 unspecified atom stereocenters. The van der Waals surface area contributed by atoms with Gasteiger partial charge >= 0.3 is 0 Å². The molecule has 2 heterocycles. The van der Waals surface area contributed by atoms with Crippen LogP contribution in [0.5, 0.6) is 0 Å². The zero-order valence-electron chi connectivity index (χ0n) is 15.6. The number of nitrogens with zero attached hydrogens (tertiary/aromatic N) is 3. The third-order valence-corrected chi connectivity index (χ3v) is 4.54. The van der Waals surface area contributed by atoms with E-state index in [0.717, 1.165) is 24.5 Å². The minimum absolute atomic E-state index is 0.0132. The molecule has 0 bridgehead atoms. The summed E-state index contributed by atoms with van der Waals surface area (Å²) in [5.74, 6) is 0.691. The molecule has 7 nitrogen and oxygen atoms in total. The Hall–Kier alpha value is -2.93. The van der Waals surface area contributed by atoms with Crippen molar-refractivity contribution >= 4 is 23.3 Å². The molecule has 0 saturated carbocycles. The van der Waals surface area contributed by atoms with Crippen LogP contribution in [0.25, 0.3) is 0 Å². The van der Waals surface area contributed by atoms with E-state index in [1.807, 2.05) is 31.2 Å². The Kier molecular flexibility index (Phi) is 6.03. The van der Waals surface area contributed by atoms with Crippen LogP contribution in [0.1, 0.15) is 15.9 Å². The number of hydrogen-bond donors (Lipinski definition) is 1. The second-order valence-corrected chi connectivity index (χ2v) is 6.53. The zero-order valence-corrected chi connectivity index (χ0v) is 15.6. The zero-order chi connectivity index (χ0) is 19.2. The van der Waals surface area contributed by atoms with Crippen molar-refractivity contribution in [2.75, 3.05) is 50.1 Å². The Labute approximate surface area is 158 Å². The van der Waals surface area contributed by atoms with Crippen molar-refractivity contribution in [2.24, 2.45) is 0 Å². The predicted octanol–water partition coefficient (Wildman–Crippen LogP) is 1.94. The molecule has 1 fully saturated rings. The van der Waals surface area contributed by atoms with Crippen molar-refractivity contribution in [1.29, 1.82) is 0 Å². The molecule has 0 atom stereocenters. The molecule has 1 aromatic carbocycles. The van der Waals surface area contributed by atoms with Crippen LogP contribution in [0.4, 0.5) is 11.5 Å². The molecule has 1 saturated heterocycles. The number of aryl methyl sites for hydroxylation is 1. The smallest absolute Gasteiger partial charge is 0.255 e. The number of amides is 2. The van der Waals surface area contributed by atoms with Crippen LogP contribution < -0.4 is 10.2 Å². The molecule has 0 aliphatic carbocycles. The maximum atomic E-state index is 12.3. The van der Waals surface area contributed by atoms with Gasteiger partial charge in [0, 0.05) is 38.9 Å². The van der Waals surface area contributed by atoms with Gasteiger partial charge in [-0.05, 0) is 31.2 Å². The second kappa shape index (κ2) is 8.64. The summed E-state index contributed by atoms with van der Waals surface area (Å²) >= 11 is 0. The quantitative estimate of drug-likeness (QED) is 0.873. The maximum absolute atomic E-state index is 12.3. The van der Waals surface area contributed by atoms with Crippen molar-refractivity contribution in [3.8, 4) is 0 Å². The highest BCUT2D eigenvalue weighted by Gasteiger charge is 2.21. The highest BCUT2D eigenvalue weighted by atomic mass is 16.5. The van der Waals surface area contributed by atoms with Gasteiger partial charge in [0.05, 0.1) is 11.9 Å². The molecule has 0 spiro atoms. The third kappa shape index (κ3) is 4.83. The molecule has 1 aliphatic rings. The molecule has 1 N–H and O–H groups in total. The number of carbonyl (C=O) groups is 2. The second-order valence-electron chi connectivity index (χ2n) is 6.53. The van der Waals surface area contributed by atoms with E-state index in [-0.39, 0.29) is 18.4 Å². The Balaban J connectivity index is 1.55. The minimum atomic E-state index is -0.158. The minimum Gasteiger partial charge on any atom is -0.375 e. The Morgan fingerprint density at radius 2 is 1.78 bits per heavy atom. The molecule has 1 aromatic heterocycles. The summed E-state index contributed by atoms with van der Waals surface area (Å²) in [6, 6.07) is 11.2. The molecule has 7 heteroatoms. The Bertz CT molecular complexity index is 782. The maximum Gasteiger partial charge on any atom is 0.255 e.